The Morgan fingerprint density at radius 3 is 2.79 bits per heavy atom. The predicted octanol–water partition coefficient (Wildman–Crippen LogP) is 2.66. The van der Waals surface area contributed by atoms with Gasteiger partial charge in [0, 0.05) is 18.2 Å². The first-order valence-corrected chi connectivity index (χ1v) is 7.97. The molecule has 0 bridgehead atoms. The van der Waals surface area contributed by atoms with Gasteiger partial charge >= 0.3 is 0 Å². The van der Waals surface area contributed by atoms with Gasteiger partial charge in [0.1, 0.15) is 5.75 Å². The summed E-state index contributed by atoms with van der Waals surface area (Å²) in [5, 5.41) is 6.51. The molecule has 0 aliphatic carbocycles. The van der Waals surface area contributed by atoms with E-state index in [2.05, 4.69) is 34.9 Å². The zero-order chi connectivity index (χ0) is 16.1. The van der Waals surface area contributed by atoms with E-state index >= 15 is 0 Å². The smallest absolute Gasteiger partial charge is 0.224 e. The summed E-state index contributed by atoms with van der Waals surface area (Å²) in [6.07, 6.45) is 1.38. The van der Waals surface area contributed by atoms with Crippen LogP contribution in [0.4, 0.5) is 0 Å². The molecule has 24 heavy (non-hydrogen) atoms. The monoisotopic (exact) mass is 346 g/mol. The molecule has 5 heteroatoms. The number of rotatable bonds is 5. The highest BCUT2D eigenvalue weighted by molar-refractivity contribution is 5.85. The molecule has 0 saturated carbocycles. The number of nitrogens with one attached hydrogen (secondary N) is 2. The van der Waals surface area contributed by atoms with Gasteiger partial charge in [-0.3, -0.25) is 4.79 Å². The lowest BCUT2D eigenvalue weighted by atomic mass is 9.94. The van der Waals surface area contributed by atoms with E-state index in [4.69, 9.17) is 4.74 Å². The lowest BCUT2D eigenvalue weighted by Gasteiger charge is -2.27. The molecule has 2 aromatic rings. The molecular weight excluding hydrogens is 324 g/mol. The van der Waals surface area contributed by atoms with Crippen LogP contribution in [0.3, 0.4) is 0 Å². The van der Waals surface area contributed by atoms with Gasteiger partial charge in [-0.15, -0.1) is 12.4 Å². The summed E-state index contributed by atoms with van der Waals surface area (Å²) in [7, 11) is 1.62. The van der Waals surface area contributed by atoms with Crippen molar-refractivity contribution in [2.24, 2.45) is 0 Å². The van der Waals surface area contributed by atoms with E-state index < -0.39 is 0 Å². The zero-order valence-electron chi connectivity index (χ0n) is 13.7. The number of benzene rings is 2. The summed E-state index contributed by atoms with van der Waals surface area (Å²) in [6, 6.07) is 16.2. The molecule has 128 valence electrons. The highest BCUT2D eigenvalue weighted by Gasteiger charge is 2.19. The van der Waals surface area contributed by atoms with Crippen LogP contribution in [-0.2, 0) is 17.6 Å². The van der Waals surface area contributed by atoms with Gasteiger partial charge in [0.05, 0.1) is 13.5 Å². The normalized spacial score (nSPS) is 15.8. The molecule has 2 aromatic carbocycles. The van der Waals surface area contributed by atoms with Crippen molar-refractivity contribution in [3.05, 3.63) is 65.2 Å². The standard InChI is InChI=1S/C19H22N2O2.ClH/c1-23-18-9-5-3-7-15(18)12-19(22)21-13-17-16-8-4-2-6-14(16)10-11-20-17;/h2-9,17,20H,10-13H2,1H3,(H,21,22);1H. The quantitative estimate of drug-likeness (QED) is 0.875. The minimum absolute atomic E-state index is 0. The highest BCUT2D eigenvalue weighted by Crippen LogP contribution is 2.22. The fraction of sp³-hybridized carbons (Fsp3) is 0.316. The van der Waals surface area contributed by atoms with Crippen LogP contribution in [0.2, 0.25) is 0 Å². The lowest BCUT2D eigenvalue weighted by molar-refractivity contribution is -0.120. The maximum Gasteiger partial charge on any atom is 0.224 e. The molecule has 1 aliphatic rings. The molecule has 0 aromatic heterocycles. The second kappa shape index (κ2) is 8.71. The zero-order valence-corrected chi connectivity index (χ0v) is 14.6. The Morgan fingerprint density at radius 2 is 1.96 bits per heavy atom. The Labute approximate surface area is 149 Å². The van der Waals surface area contributed by atoms with Gasteiger partial charge in [0.25, 0.3) is 0 Å². The molecule has 0 spiro atoms. The van der Waals surface area contributed by atoms with Crippen LogP contribution in [0.25, 0.3) is 0 Å². The number of fused-ring (bicyclic) bond motifs is 1. The average molecular weight is 347 g/mol. The molecule has 0 radical (unpaired) electrons. The van der Waals surface area contributed by atoms with Crippen molar-refractivity contribution in [2.45, 2.75) is 18.9 Å². The summed E-state index contributed by atoms with van der Waals surface area (Å²) >= 11 is 0. The molecule has 2 N–H and O–H groups in total. The maximum absolute atomic E-state index is 12.2. The number of halogens is 1. The Hall–Kier alpha value is -2.04. The number of carbonyl (C=O) groups excluding carboxylic acids is 1. The molecule has 3 rings (SSSR count). The summed E-state index contributed by atoms with van der Waals surface area (Å²) in [5.74, 6) is 0.767. The van der Waals surface area contributed by atoms with Crippen molar-refractivity contribution < 1.29 is 9.53 Å². The third-order valence-corrected chi connectivity index (χ3v) is 4.26. The Morgan fingerprint density at radius 1 is 1.21 bits per heavy atom. The number of hydrogen-bond donors (Lipinski definition) is 2. The van der Waals surface area contributed by atoms with Crippen LogP contribution in [-0.4, -0.2) is 26.1 Å². The van der Waals surface area contributed by atoms with Crippen molar-refractivity contribution in [1.29, 1.82) is 0 Å². The van der Waals surface area contributed by atoms with Gasteiger partial charge in [0.2, 0.25) is 5.91 Å². The van der Waals surface area contributed by atoms with E-state index in [1.165, 1.54) is 11.1 Å². The van der Waals surface area contributed by atoms with Gasteiger partial charge in [-0.1, -0.05) is 42.5 Å². The number of hydrogen-bond acceptors (Lipinski definition) is 3. The van der Waals surface area contributed by atoms with Crippen LogP contribution in [0.5, 0.6) is 5.75 Å². The Kier molecular flexibility index (Phi) is 6.64. The van der Waals surface area contributed by atoms with Gasteiger partial charge in [-0.05, 0) is 30.2 Å². The Bertz CT molecular complexity index is 691. The van der Waals surface area contributed by atoms with E-state index in [-0.39, 0.29) is 24.4 Å². The van der Waals surface area contributed by atoms with Crippen LogP contribution in [0.1, 0.15) is 22.7 Å². The molecule has 0 saturated heterocycles. The van der Waals surface area contributed by atoms with E-state index in [9.17, 15) is 4.79 Å². The van der Waals surface area contributed by atoms with E-state index in [0.717, 1.165) is 24.3 Å². The molecule has 0 fully saturated rings. The largest absolute Gasteiger partial charge is 0.496 e. The minimum atomic E-state index is 0. The number of methoxy groups -OCH3 is 1. The molecule has 1 heterocycles. The fourth-order valence-corrected chi connectivity index (χ4v) is 3.08. The van der Waals surface area contributed by atoms with E-state index in [1.807, 2.05) is 24.3 Å². The average Bonchev–Trinajstić information content (AvgIpc) is 2.60. The number of para-hydroxylation sites is 1. The SMILES string of the molecule is COc1ccccc1CC(=O)NCC1NCCc2ccccc21.Cl. The van der Waals surface area contributed by atoms with Gasteiger partial charge in [-0.2, -0.15) is 0 Å². The summed E-state index contributed by atoms with van der Waals surface area (Å²) in [4.78, 5) is 12.2. The highest BCUT2D eigenvalue weighted by atomic mass is 35.5. The molecule has 1 unspecified atom stereocenters. The maximum atomic E-state index is 12.2. The van der Waals surface area contributed by atoms with Crippen LogP contribution in [0, 0.1) is 0 Å². The first kappa shape index (κ1) is 18.3. The second-order valence-corrected chi connectivity index (χ2v) is 5.75. The third-order valence-electron chi connectivity index (χ3n) is 4.26. The van der Waals surface area contributed by atoms with Gasteiger partial charge in [-0.25, -0.2) is 0 Å². The molecule has 1 aliphatic heterocycles. The molecular formula is C19H23ClN2O2. The number of ether oxygens (including phenoxy) is 1. The van der Waals surface area contributed by atoms with Gasteiger partial charge in [0.15, 0.2) is 0 Å². The van der Waals surface area contributed by atoms with Gasteiger partial charge < -0.3 is 15.4 Å². The van der Waals surface area contributed by atoms with Crippen molar-refractivity contribution in [3.63, 3.8) is 0 Å². The van der Waals surface area contributed by atoms with Crippen LogP contribution < -0.4 is 15.4 Å². The topological polar surface area (TPSA) is 50.4 Å². The number of amides is 1. The van der Waals surface area contributed by atoms with E-state index in [1.54, 1.807) is 7.11 Å². The lowest BCUT2D eigenvalue weighted by Crippen LogP contribution is -2.39. The van der Waals surface area contributed by atoms with Crippen molar-refractivity contribution in [1.82, 2.24) is 10.6 Å². The molecule has 4 nitrogen and oxygen atoms in total. The van der Waals surface area contributed by atoms with Crippen molar-refractivity contribution in [3.8, 4) is 5.75 Å². The molecule has 1 atom stereocenters. The Balaban J connectivity index is 0.00000208. The van der Waals surface area contributed by atoms with Crippen molar-refractivity contribution >= 4 is 18.3 Å². The van der Waals surface area contributed by atoms with Crippen LogP contribution in [0.15, 0.2) is 48.5 Å². The summed E-state index contributed by atoms with van der Waals surface area (Å²) < 4.78 is 5.29. The predicted molar refractivity (Wildman–Crippen MR) is 97.8 cm³/mol. The van der Waals surface area contributed by atoms with Crippen molar-refractivity contribution in [2.75, 3.05) is 20.2 Å². The minimum Gasteiger partial charge on any atom is -0.496 e. The third kappa shape index (κ3) is 4.28. The summed E-state index contributed by atoms with van der Waals surface area (Å²) in [6.45, 7) is 1.55. The van der Waals surface area contributed by atoms with E-state index in [0.29, 0.717) is 13.0 Å². The fourth-order valence-electron chi connectivity index (χ4n) is 3.08. The summed E-state index contributed by atoms with van der Waals surface area (Å²) in [5.41, 5.74) is 3.57. The second-order valence-electron chi connectivity index (χ2n) is 5.75. The molecule has 1 amide bonds. The first-order chi connectivity index (χ1) is 11.3. The number of carbonyl (C=O) groups is 1. The first-order valence-electron chi connectivity index (χ1n) is 7.97. The van der Waals surface area contributed by atoms with Crippen LogP contribution >= 0.6 is 12.4 Å².